The van der Waals surface area contributed by atoms with Crippen molar-refractivity contribution >= 4 is 23.5 Å². The van der Waals surface area contributed by atoms with Crippen LogP contribution >= 0.6 is 11.6 Å². The van der Waals surface area contributed by atoms with Gasteiger partial charge in [-0.1, -0.05) is 35.9 Å². The van der Waals surface area contributed by atoms with E-state index in [-0.39, 0.29) is 25.7 Å². The van der Waals surface area contributed by atoms with E-state index in [9.17, 15) is 9.59 Å². The molecule has 0 saturated heterocycles. The highest BCUT2D eigenvalue weighted by Crippen LogP contribution is 2.16. The van der Waals surface area contributed by atoms with Crippen LogP contribution in [0.15, 0.2) is 48.5 Å². The largest absolute Gasteiger partial charge is 0.490 e. The van der Waals surface area contributed by atoms with Gasteiger partial charge >= 0.3 is 5.97 Å². The molecule has 0 fully saturated rings. The van der Waals surface area contributed by atoms with Crippen molar-refractivity contribution in [1.82, 2.24) is 5.32 Å². The standard InChI is InChI=1S/C18H18ClNO4/c1-13-5-2-3-8-16(13)18(22)20-12-17(21)24-10-9-23-15-7-4-6-14(19)11-15/h2-8,11H,9-10,12H2,1H3,(H,20,22). The molecule has 0 radical (unpaired) electrons. The van der Waals surface area contributed by atoms with Crippen molar-refractivity contribution in [2.45, 2.75) is 6.92 Å². The Kier molecular flexibility index (Phi) is 6.63. The first-order valence-corrected chi connectivity index (χ1v) is 7.82. The Balaban J connectivity index is 1.66. The minimum absolute atomic E-state index is 0.0889. The van der Waals surface area contributed by atoms with Gasteiger partial charge in [-0.3, -0.25) is 9.59 Å². The van der Waals surface area contributed by atoms with Gasteiger partial charge in [0.1, 0.15) is 25.5 Å². The van der Waals surface area contributed by atoms with Gasteiger partial charge in [0, 0.05) is 10.6 Å². The Hall–Kier alpha value is -2.53. The first kappa shape index (κ1) is 17.8. The van der Waals surface area contributed by atoms with Crippen molar-refractivity contribution in [3.8, 4) is 5.75 Å². The lowest BCUT2D eigenvalue weighted by molar-refractivity contribution is -0.143. The highest BCUT2D eigenvalue weighted by Gasteiger charge is 2.10. The average molecular weight is 348 g/mol. The van der Waals surface area contributed by atoms with Gasteiger partial charge in [-0.15, -0.1) is 0 Å². The van der Waals surface area contributed by atoms with Gasteiger partial charge in [0.25, 0.3) is 5.91 Å². The molecule has 0 unspecified atom stereocenters. The molecule has 2 rings (SSSR count). The topological polar surface area (TPSA) is 64.6 Å². The van der Waals surface area contributed by atoms with Gasteiger partial charge in [-0.2, -0.15) is 0 Å². The van der Waals surface area contributed by atoms with Crippen LogP contribution < -0.4 is 10.1 Å². The predicted molar refractivity (Wildman–Crippen MR) is 91.4 cm³/mol. The highest BCUT2D eigenvalue weighted by molar-refractivity contribution is 6.30. The number of amides is 1. The van der Waals surface area contributed by atoms with Crippen molar-refractivity contribution in [2.75, 3.05) is 19.8 Å². The number of hydrogen-bond donors (Lipinski definition) is 1. The van der Waals surface area contributed by atoms with Crippen molar-refractivity contribution in [1.29, 1.82) is 0 Å². The van der Waals surface area contributed by atoms with Gasteiger partial charge in [0.15, 0.2) is 0 Å². The number of carbonyl (C=O) groups excluding carboxylic acids is 2. The number of nitrogens with one attached hydrogen (secondary N) is 1. The lowest BCUT2D eigenvalue weighted by Crippen LogP contribution is -2.31. The van der Waals surface area contributed by atoms with Crippen molar-refractivity contribution in [3.63, 3.8) is 0 Å². The number of ether oxygens (including phenoxy) is 2. The second-order valence-electron chi connectivity index (χ2n) is 5.02. The number of esters is 1. The van der Waals surface area contributed by atoms with Crippen LogP contribution in [-0.4, -0.2) is 31.6 Å². The monoisotopic (exact) mass is 347 g/mol. The Bertz CT molecular complexity index is 718. The van der Waals surface area contributed by atoms with Gasteiger partial charge < -0.3 is 14.8 Å². The van der Waals surface area contributed by atoms with E-state index < -0.39 is 5.97 Å². The molecule has 5 nitrogen and oxygen atoms in total. The Morgan fingerprint density at radius 3 is 2.62 bits per heavy atom. The molecule has 6 heteroatoms. The molecule has 0 saturated carbocycles. The van der Waals surface area contributed by atoms with E-state index in [2.05, 4.69) is 5.32 Å². The third kappa shape index (κ3) is 5.59. The second-order valence-corrected chi connectivity index (χ2v) is 5.46. The molecule has 2 aromatic rings. The zero-order chi connectivity index (χ0) is 17.4. The van der Waals surface area contributed by atoms with E-state index in [1.807, 2.05) is 19.1 Å². The van der Waals surface area contributed by atoms with Crippen molar-refractivity contribution in [3.05, 3.63) is 64.7 Å². The maximum absolute atomic E-state index is 12.0. The van der Waals surface area contributed by atoms with E-state index >= 15 is 0 Å². The molecule has 0 bridgehead atoms. The van der Waals surface area contributed by atoms with Gasteiger partial charge in [0.2, 0.25) is 0 Å². The second kappa shape index (κ2) is 8.93. The molecule has 126 valence electrons. The first-order chi connectivity index (χ1) is 11.6. The Labute approximate surface area is 145 Å². The van der Waals surface area contributed by atoms with Crippen molar-refractivity contribution in [2.24, 2.45) is 0 Å². The van der Waals surface area contributed by atoms with Crippen LogP contribution in [0.1, 0.15) is 15.9 Å². The maximum Gasteiger partial charge on any atom is 0.325 e. The molecule has 24 heavy (non-hydrogen) atoms. The summed E-state index contributed by atoms with van der Waals surface area (Å²) in [6, 6.07) is 14.1. The van der Waals surface area contributed by atoms with Gasteiger partial charge in [0.05, 0.1) is 0 Å². The molecular formula is C18H18ClNO4. The van der Waals surface area contributed by atoms with Crippen LogP contribution in [0, 0.1) is 6.92 Å². The summed E-state index contributed by atoms with van der Waals surface area (Å²) in [6.45, 7) is 1.94. The smallest absolute Gasteiger partial charge is 0.325 e. The van der Waals surface area contributed by atoms with Crippen LogP contribution in [0.4, 0.5) is 0 Å². The predicted octanol–water partition coefficient (Wildman–Crippen LogP) is 3.00. The number of rotatable bonds is 7. The van der Waals surface area contributed by atoms with Crippen LogP contribution in [0.5, 0.6) is 5.75 Å². The maximum atomic E-state index is 12.0. The summed E-state index contributed by atoms with van der Waals surface area (Å²) in [6.07, 6.45) is 0. The number of carbonyl (C=O) groups is 2. The normalized spacial score (nSPS) is 10.1. The molecule has 2 aromatic carbocycles. The molecule has 0 aliphatic carbocycles. The molecule has 0 heterocycles. The minimum Gasteiger partial charge on any atom is -0.490 e. The molecule has 0 atom stereocenters. The number of benzene rings is 2. The van der Waals surface area contributed by atoms with Crippen LogP contribution in [0.25, 0.3) is 0 Å². The number of hydrogen-bond acceptors (Lipinski definition) is 4. The summed E-state index contributed by atoms with van der Waals surface area (Å²) in [7, 11) is 0. The summed E-state index contributed by atoms with van der Waals surface area (Å²) in [5, 5.41) is 3.11. The third-order valence-corrected chi connectivity index (χ3v) is 3.43. The first-order valence-electron chi connectivity index (χ1n) is 7.44. The summed E-state index contributed by atoms with van der Waals surface area (Å²) in [4.78, 5) is 23.6. The van der Waals surface area contributed by atoms with E-state index in [4.69, 9.17) is 21.1 Å². The summed E-state index contributed by atoms with van der Waals surface area (Å²) >= 11 is 5.84. The molecule has 0 aromatic heterocycles. The van der Waals surface area contributed by atoms with E-state index in [1.54, 1.807) is 36.4 Å². The molecule has 1 N–H and O–H groups in total. The van der Waals surface area contributed by atoms with E-state index in [0.29, 0.717) is 16.3 Å². The van der Waals surface area contributed by atoms with E-state index in [1.165, 1.54) is 0 Å². The highest BCUT2D eigenvalue weighted by atomic mass is 35.5. The molecule has 0 spiro atoms. The van der Waals surface area contributed by atoms with E-state index in [0.717, 1.165) is 5.56 Å². The van der Waals surface area contributed by atoms with Crippen LogP contribution in [0.2, 0.25) is 5.02 Å². The lowest BCUT2D eigenvalue weighted by Gasteiger charge is -2.09. The summed E-state index contributed by atoms with van der Waals surface area (Å²) < 4.78 is 10.4. The molecule has 0 aliphatic heterocycles. The fraction of sp³-hybridized carbons (Fsp3) is 0.222. The SMILES string of the molecule is Cc1ccccc1C(=O)NCC(=O)OCCOc1cccc(Cl)c1. The summed E-state index contributed by atoms with van der Waals surface area (Å²) in [5.41, 5.74) is 1.38. The zero-order valence-corrected chi connectivity index (χ0v) is 14.0. The average Bonchev–Trinajstić information content (AvgIpc) is 2.57. The fourth-order valence-electron chi connectivity index (χ4n) is 2.00. The minimum atomic E-state index is -0.522. The fourth-order valence-corrected chi connectivity index (χ4v) is 2.18. The van der Waals surface area contributed by atoms with Gasteiger partial charge in [-0.25, -0.2) is 0 Å². The third-order valence-electron chi connectivity index (χ3n) is 3.19. The Morgan fingerprint density at radius 2 is 1.88 bits per heavy atom. The zero-order valence-electron chi connectivity index (χ0n) is 13.3. The quantitative estimate of drug-likeness (QED) is 0.617. The molecule has 1 amide bonds. The molecule has 0 aliphatic rings. The Morgan fingerprint density at radius 1 is 1.08 bits per heavy atom. The van der Waals surface area contributed by atoms with Crippen LogP contribution in [0.3, 0.4) is 0 Å². The van der Waals surface area contributed by atoms with Crippen molar-refractivity contribution < 1.29 is 19.1 Å². The van der Waals surface area contributed by atoms with Gasteiger partial charge in [-0.05, 0) is 36.8 Å². The number of halogens is 1. The molecular weight excluding hydrogens is 330 g/mol. The van der Waals surface area contributed by atoms with Crippen LogP contribution in [-0.2, 0) is 9.53 Å². The lowest BCUT2D eigenvalue weighted by atomic mass is 10.1. The summed E-state index contributed by atoms with van der Waals surface area (Å²) in [5.74, 6) is -0.224. The number of aryl methyl sites for hydroxylation is 1.